The second kappa shape index (κ2) is 14.3. The van der Waals surface area contributed by atoms with Crippen LogP contribution in [0.1, 0.15) is 13.8 Å². The third kappa shape index (κ3) is 5.38. The van der Waals surface area contributed by atoms with Crippen molar-refractivity contribution in [2.24, 2.45) is 0 Å². The molecule has 0 fully saturated rings. The van der Waals surface area contributed by atoms with Gasteiger partial charge >= 0.3 is 0 Å². The van der Waals surface area contributed by atoms with E-state index in [9.17, 15) is 0 Å². The first-order valence-corrected chi connectivity index (χ1v) is 21.4. The van der Waals surface area contributed by atoms with Crippen molar-refractivity contribution < 1.29 is 0 Å². The minimum absolute atomic E-state index is 0.585. The van der Waals surface area contributed by atoms with Crippen LogP contribution in [0.2, 0.25) is 0 Å². The fourth-order valence-electron chi connectivity index (χ4n) is 9.68. The van der Waals surface area contributed by atoms with Gasteiger partial charge in [0.25, 0.3) is 0 Å². The van der Waals surface area contributed by atoms with E-state index in [0.717, 1.165) is 49.7 Å². The van der Waals surface area contributed by atoms with Crippen molar-refractivity contribution in [3.05, 3.63) is 200 Å². The van der Waals surface area contributed by atoms with Crippen LogP contribution in [0.5, 0.6) is 0 Å². The molecule has 0 atom stereocenters. The molecule has 0 aliphatic heterocycles. The van der Waals surface area contributed by atoms with Crippen LogP contribution in [0.4, 0.5) is 0 Å². The van der Waals surface area contributed by atoms with Crippen molar-refractivity contribution in [2.45, 2.75) is 13.8 Å². The molecular weight excluding hydrogens is 755 g/mol. The molecule has 13 rings (SSSR count). The summed E-state index contributed by atoms with van der Waals surface area (Å²) in [5.74, 6) is 1.86. The zero-order valence-corrected chi connectivity index (χ0v) is 34.3. The van der Waals surface area contributed by atoms with E-state index in [1.54, 1.807) is 0 Å². The van der Waals surface area contributed by atoms with E-state index in [4.69, 9.17) is 15.0 Å². The van der Waals surface area contributed by atoms with Crippen LogP contribution >= 0.6 is 0 Å². The van der Waals surface area contributed by atoms with Gasteiger partial charge < -0.3 is 4.57 Å². The van der Waals surface area contributed by atoms with E-state index in [1.807, 2.05) is 74.5 Å². The predicted octanol–water partition coefficient (Wildman–Crippen LogP) is 14.9. The van der Waals surface area contributed by atoms with Gasteiger partial charge in [0.15, 0.2) is 11.6 Å². The van der Waals surface area contributed by atoms with Crippen molar-refractivity contribution in [3.63, 3.8) is 0 Å². The second-order valence-electron chi connectivity index (χ2n) is 15.6. The average molecular weight is 794 g/mol. The first-order valence-electron chi connectivity index (χ1n) is 21.4. The van der Waals surface area contributed by atoms with Crippen molar-refractivity contribution in [2.75, 3.05) is 0 Å². The van der Waals surface area contributed by atoms with E-state index >= 15 is 0 Å². The molecule has 12 aromatic rings. The average Bonchev–Trinajstić information content (AvgIpc) is 3.99. The summed E-state index contributed by atoms with van der Waals surface area (Å²) in [5, 5.41) is 7.42. The van der Waals surface area contributed by atoms with Gasteiger partial charge in [-0.2, -0.15) is 9.97 Å². The summed E-state index contributed by atoms with van der Waals surface area (Å²) in [5.41, 5.74) is 15.0. The zero-order chi connectivity index (χ0) is 41.3. The van der Waals surface area contributed by atoms with Gasteiger partial charge in [-0.05, 0) is 92.7 Å². The molecule has 0 spiro atoms. The van der Waals surface area contributed by atoms with Gasteiger partial charge in [-0.15, -0.1) is 0 Å². The molecule has 9 aromatic carbocycles. The standard InChI is InChI=1S/C55H33N5.C2H6/c1-4-15-34(16-5-1)53-56-54(35-17-6-2-7-18-35)58-55(57-53)60-47-26-13-12-23-41(47)44-31-36(27-29-48(44)60)37-28-30-49-46(32-37)52-43-25-14-24-42-39-21-10-11-22-40(39)45(51(42)43)33-50(52)59(49)38-19-8-3-9-20-38;1-2/h1-33H;1-2H3. The van der Waals surface area contributed by atoms with Gasteiger partial charge in [-0.1, -0.05) is 166 Å². The van der Waals surface area contributed by atoms with E-state index in [-0.39, 0.29) is 0 Å². The molecule has 1 aliphatic rings. The molecule has 0 saturated carbocycles. The number of nitrogens with zero attached hydrogens (tertiary/aromatic N) is 5. The summed E-state index contributed by atoms with van der Waals surface area (Å²) < 4.78 is 4.63. The van der Waals surface area contributed by atoms with Gasteiger partial charge in [0, 0.05) is 38.4 Å². The molecular formula is C57H39N5. The number of fused-ring (bicyclic) bond motifs is 10. The van der Waals surface area contributed by atoms with Crippen LogP contribution in [0, 0.1) is 0 Å². The van der Waals surface area contributed by atoms with Gasteiger partial charge in [0.1, 0.15) is 0 Å². The fraction of sp³-hybridized carbons (Fsp3) is 0.0351. The predicted molar refractivity (Wildman–Crippen MR) is 258 cm³/mol. The Morgan fingerprint density at radius 1 is 0.306 bits per heavy atom. The highest BCUT2D eigenvalue weighted by molar-refractivity contribution is 6.29. The van der Waals surface area contributed by atoms with Crippen LogP contribution in [0.25, 0.3) is 122 Å². The maximum absolute atomic E-state index is 5.14. The summed E-state index contributed by atoms with van der Waals surface area (Å²) in [7, 11) is 0. The van der Waals surface area contributed by atoms with E-state index in [2.05, 4.69) is 149 Å². The summed E-state index contributed by atoms with van der Waals surface area (Å²) in [4.78, 5) is 15.2. The highest BCUT2D eigenvalue weighted by atomic mass is 15.2. The van der Waals surface area contributed by atoms with Crippen molar-refractivity contribution >= 4 is 54.4 Å². The lowest BCUT2D eigenvalue weighted by molar-refractivity contribution is 0.953. The molecule has 0 bridgehead atoms. The highest BCUT2D eigenvalue weighted by Gasteiger charge is 2.26. The first-order chi connectivity index (χ1) is 30.8. The van der Waals surface area contributed by atoms with E-state index in [1.165, 1.54) is 54.8 Å². The lowest BCUT2D eigenvalue weighted by atomic mass is 9.96. The van der Waals surface area contributed by atoms with Crippen LogP contribution in [-0.4, -0.2) is 24.1 Å². The molecule has 0 amide bonds. The van der Waals surface area contributed by atoms with E-state index in [0.29, 0.717) is 17.6 Å². The Balaban J connectivity index is 0.00000202. The van der Waals surface area contributed by atoms with Crippen LogP contribution in [0.3, 0.4) is 0 Å². The number of hydrogen-bond acceptors (Lipinski definition) is 3. The Kier molecular flexibility index (Phi) is 8.22. The monoisotopic (exact) mass is 793 g/mol. The largest absolute Gasteiger partial charge is 0.309 e. The first kappa shape index (κ1) is 35.8. The third-order valence-corrected chi connectivity index (χ3v) is 12.3. The minimum Gasteiger partial charge on any atom is -0.309 e. The second-order valence-corrected chi connectivity index (χ2v) is 15.6. The number of para-hydroxylation sites is 2. The highest BCUT2D eigenvalue weighted by Crippen LogP contribution is 2.51. The van der Waals surface area contributed by atoms with Crippen molar-refractivity contribution in [1.29, 1.82) is 0 Å². The quantitative estimate of drug-likeness (QED) is 0.174. The van der Waals surface area contributed by atoms with Crippen LogP contribution in [-0.2, 0) is 0 Å². The molecule has 5 heteroatoms. The SMILES string of the molecule is CC.c1ccc(-c2nc(-c3ccccc3)nc(-n3c4ccccc4c4cc(-c5ccc6c(c5)c5c7cccc8c7c(cc5n6-c5ccccc5)-c5ccccc5-8)ccc43)n2)cc1. The fourth-order valence-corrected chi connectivity index (χ4v) is 9.68. The van der Waals surface area contributed by atoms with Gasteiger partial charge in [-0.3, -0.25) is 4.57 Å². The molecule has 3 aromatic heterocycles. The third-order valence-electron chi connectivity index (χ3n) is 12.3. The van der Waals surface area contributed by atoms with Gasteiger partial charge in [0.2, 0.25) is 5.95 Å². The number of rotatable bonds is 5. The Hall–Kier alpha value is -8.15. The summed E-state index contributed by atoms with van der Waals surface area (Å²) in [6.45, 7) is 4.00. The number of aromatic nitrogens is 5. The summed E-state index contributed by atoms with van der Waals surface area (Å²) >= 11 is 0. The maximum atomic E-state index is 5.14. The molecule has 5 nitrogen and oxygen atoms in total. The number of benzene rings is 9. The topological polar surface area (TPSA) is 48.5 Å². The molecule has 0 saturated heterocycles. The molecule has 0 radical (unpaired) electrons. The molecule has 0 unspecified atom stereocenters. The van der Waals surface area contributed by atoms with Gasteiger partial charge in [-0.25, -0.2) is 4.98 Å². The normalized spacial score (nSPS) is 11.7. The Bertz CT molecular complexity index is 3640. The lowest BCUT2D eigenvalue weighted by Gasteiger charge is -2.11. The Morgan fingerprint density at radius 2 is 0.823 bits per heavy atom. The lowest BCUT2D eigenvalue weighted by Crippen LogP contribution is -2.06. The zero-order valence-electron chi connectivity index (χ0n) is 34.3. The molecule has 3 heterocycles. The minimum atomic E-state index is 0.585. The van der Waals surface area contributed by atoms with Crippen molar-refractivity contribution in [3.8, 4) is 67.8 Å². The summed E-state index contributed by atoms with van der Waals surface area (Å²) in [6.07, 6.45) is 0. The number of hydrogen-bond donors (Lipinski definition) is 0. The molecule has 0 N–H and O–H groups in total. The van der Waals surface area contributed by atoms with Crippen molar-refractivity contribution in [1.82, 2.24) is 24.1 Å². The van der Waals surface area contributed by atoms with Crippen LogP contribution in [0.15, 0.2) is 200 Å². The van der Waals surface area contributed by atoms with E-state index < -0.39 is 0 Å². The molecule has 62 heavy (non-hydrogen) atoms. The molecule has 1 aliphatic carbocycles. The smallest absolute Gasteiger partial charge is 0.238 e. The summed E-state index contributed by atoms with van der Waals surface area (Å²) in [6, 6.07) is 71.5. The molecule has 292 valence electrons. The Morgan fingerprint density at radius 3 is 1.50 bits per heavy atom. The van der Waals surface area contributed by atoms with Crippen LogP contribution < -0.4 is 0 Å². The maximum Gasteiger partial charge on any atom is 0.238 e. The Labute approximate surface area is 358 Å². The van der Waals surface area contributed by atoms with Gasteiger partial charge in [0.05, 0.1) is 22.1 Å².